The van der Waals surface area contributed by atoms with E-state index in [2.05, 4.69) is 24.1 Å². The van der Waals surface area contributed by atoms with Crippen LogP contribution in [0.5, 0.6) is 0 Å². The molecular formula is C19H27N4O4S+. The zero-order chi connectivity index (χ0) is 20.9. The predicted molar refractivity (Wildman–Crippen MR) is 109 cm³/mol. The molecule has 0 radical (unpaired) electrons. The number of nitrogens with zero attached hydrogens (tertiary/aromatic N) is 1. The van der Waals surface area contributed by atoms with Crippen LogP contribution >= 0.6 is 0 Å². The van der Waals surface area contributed by atoms with E-state index in [1.807, 2.05) is 24.3 Å². The van der Waals surface area contributed by atoms with E-state index in [-0.39, 0.29) is 22.3 Å². The molecule has 8 nitrogen and oxygen atoms in total. The van der Waals surface area contributed by atoms with Gasteiger partial charge < -0.3 is 10.2 Å². The molecule has 2 rings (SSSR count). The van der Waals surface area contributed by atoms with Crippen molar-refractivity contribution >= 4 is 21.4 Å². The number of hydrogen-bond donors (Lipinski definition) is 3. The molecule has 0 bridgehead atoms. The Morgan fingerprint density at radius 1 is 1.07 bits per heavy atom. The van der Waals surface area contributed by atoms with Crippen LogP contribution in [0.25, 0.3) is 0 Å². The first-order valence-corrected chi connectivity index (χ1v) is 10.5. The van der Waals surface area contributed by atoms with E-state index >= 15 is 0 Å². The highest BCUT2D eigenvalue weighted by atomic mass is 32.2. The number of sulfonamides is 1. The highest BCUT2D eigenvalue weighted by Crippen LogP contribution is 2.28. The third-order valence-electron chi connectivity index (χ3n) is 3.93. The average Bonchev–Trinajstić information content (AvgIpc) is 2.59. The molecule has 0 saturated carbocycles. The molecule has 3 N–H and O–H groups in total. The van der Waals surface area contributed by atoms with Gasteiger partial charge in [0.1, 0.15) is 12.2 Å². The van der Waals surface area contributed by atoms with Crippen molar-refractivity contribution in [3.05, 3.63) is 63.7 Å². The van der Waals surface area contributed by atoms with Gasteiger partial charge in [-0.1, -0.05) is 24.3 Å². The fraction of sp³-hybridized carbons (Fsp3) is 0.368. The van der Waals surface area contributed by atoms with Gasteiger partial charge in [0.2, 0.25) is 10.0 Å². The summed E-state index contributed by atoms with van der Waals surface area (Å²) in [6.45, 7) is 4.69. The largest absolute Gasteiger partial charge is 0.375 e. The number of quaternary nitrogens is 1. The van der Waals surface area contributed by atoms with Crippen LogP contribution in [0.3, 0.4) is 0 Å². The zero-order valence-electron chi connectivity index (χ0n) is 16.5. The van der Waals surface area contributed by atoms with Crippen molar-refractivity contribution in [1.29, 1.82) is 0 Å². The molecule has 2 aromatic rings. The van der Waals surface area contributed by atoms with E-state index < -0.39 is 14.9 Å². The van der Waals surface area contributed by atoms with Crippen molar-refractivity contribution in [2.45, 2.75) is 37.9 Å². The maximum Gasteiger partial charge on any atom is 0.293 e. The Hall–Kier alpha value is -2.49. The third-order valence-corrected chi connectivity index (χ3v) is 5.59. The quantitative estimate of drug-likeness (QED) is 0.432. The number of nitrogens with one attached hydrogen (secondary N) is 3. The Balaban J connectivity index is 2.18. The molecule has 0 aliphatic rings. The molecule has 0 aromatic heterocycles. The molecule has 0 aliphatic heterocycles. The average molecular weight is 408 g/mol. The van der Waals surface area contributed by atoms with Crippen LogP contribution in [0.2, 0.25) is 0 Å². The van der Waals surface area contributed by atoms with E-state index in [4.69, 9.17) is 0 Å². The minimum absolute atomic E-state index is 0.131. The first-order valence-electron chi connectivity index (χ1n) is 9.00. The van der Waals surface area contributed by atoms with Gasteiger partial charge in [-0.05, 0) is 31.5 Å². The van der Waals surface area contributed by atoms with Gasteiger partial charge in [-0.2, -0.15) is 0 Å². The van der Waals surface area contributed by atoms with Crippen molar-refractivity contribution in [2.24, 2.45) is 0 Å². The predicted octanol–water partition coefficient (Wildman–Crippen LogP) is 1.54. The third kappa shape index (κ3) is 6.01. The summed E-state index contributed by atoms with van der Waals surface area (Å²) in [5.41, 5.74) is 2.18. The molecule has 0 atom stereocenters. The Bertz CT molecular complexity index is 925. The second-order valence-corrected chi connectivity index (χ2v) is 8.98. The van der Waals surface area contributed by atoms with Crippen LogP contribution in [0.15, 0.2) is 47.4 Å². The van der Waals surface area contributed by atoms with Gasteiger partial charge in [-0.25, -0.2) is 13.1 Å². The molecular weight excluding hydrogens is 380 g/mol. The highest BCUT2D eigenvalue weighted by molar-refractivity contribution is 7.89. The van der Waals surface area contributed by atoms with Crippen LogP contribution in [0.1, 0.15) is 25.0 Å². The van der Waals surface area contributed by atoms with Gasteiger partial charge in [0, 0.05) is 24.2 Å². The number of hydrogen-bond acceptors (Lipinski definition) is 5. The molecule has 0 fully saturated rings. The zero-order valence-corrected chi connectivity index (χ0v) is 17.3. The van der Waals surface area contributed by atoms with Gasteiger partial charge in [-0.15, -0.1) is 0 Å². The molecule has 0 spiro atoms. The number of benzene rings is 2. The maximum atomic E-state index is 12.3. The smallest absolute Gasteiger partial charge is 0.293 e. The SMILES string of the molecule is CC(C)NS(=O)(=O)c1ccc(NCc2ccc(C[NH+](C)C)cc2)c([N+](=O)[O-])c1. The van der Waals surface area contributed by atoms with Crippen LogP contribution in [-0.4, -0.2) is 33.5 Å². The minimum atomic E-state index is -3.80. The number of anilines is 1. The molecule has 0 aliphatic carbocycles. The van der Waals surface area contributed by atoms with Crippen molar-refractivity contribution < 1.29 is 18.2 Å². The Kier molecular flexibility index (Phi) is 7.11. The second kappa shape index (κ2) is 9.13. The summed E-state index contributed by atoms with van der Waals surface area (Å²) in [7, 11) is 0.359. The lowest BCUT2D eigenvalue weighted by atomic mass is 10.1. The monoisotopic (exact) mass is 407 g/mol. The summed E-state index contributed by atoms with van der Waals surface area (Å²) in [5.74, 6) is 0. The van der Waals surface area contributed by atoms with E-state index in [0.717, 1.165) is 18.2 Å². The molecule has 0 unspecified atom stereocenters. The minimum Gasteiger partial charge on any atom is -0.375 e. The Morgan fingerprint density at radius 2 is 1.68 bits per heavy atom. The van der Waals surface area contributed by atoms with Crippen molar-refractivity contribution in [2.75, 3.05) is 19.4 Å². The van der Waals surface area contributed by atoms with E-state index in [1.165, 1.54) is 22.6 Å². The topological polar surface area (TPSA) is 106 Å². The standard InChI is InChI=1S/C19H26N4O4S/c1-14(2)21-28(26,27)17-9-10-18(19(11-17)23(24)25)20-12-15-5-7-16(8-6-15)13-22(3)4/h5-11,14,20-21H,12-13H2,1-4H3/p+1. The lowest BCUT2D eigenvalue weighted by molar-refractivity contribution is -0.872. The van der Waals surface area contributed by atoms with Gasteiger partial charge in [-0.3, -0.25) is 10.1 Å². The van der Waals surface area contributed by atoms with Crippen molar-refractivity contribution in [3.8, 4) is 0 Å². The molecule has 152 valence electrons. The summed E-state index contributed by atoms with van der Waals surface area (Å²) in [6, 6.07) is 11.6. The van der Waals surface area contributed by atoms with Gasteiger partial charge in [0.25, 0.3) is 5.69 Å². The Labute approximate surface area is 165 Å². The summed E-state index contributed by atoms with van der Waals surface area (Å²) < 4.78 is 26.9. The first kappa shape index (κ1) is 21.8. The van der Waals surface area contributed by atoms with E-state index in [1.54, 1.807) is 13.8 Å². The maximum absolute atomic E-state index is 12.3. The van der Waals surface area contributed by atoms with E-state index in [9.17, 15) is 18.5 Å². The molecule has 0 heterocycles. The highest BCUT2D eigenvalue weighted by Gasteiger charge is 2.22. The van der Waals surface area contributed by atoms with Crippen molar-refractivity contribution in [3.63, 3.8) is 0 Å². The Morgan fingerprint density at radius 3 is 2.21 bits per heavy atom. The molecule has 28 heavy (non-hydrogen) atoms. The normalized spacial score (nSPS) is 11.8. The van der Waals surface area contributed by atoms with Crippen LogP contribution in [0.4, 0.5) is 11.4 Å². The molecule has 9 heteroatoms. The summed E-state index contributed by atoms with van der Waals surface area (Å²) in [6.07, 6.45) is 0. The van der Waals surface area contributed by atoms with Crippen LogP contribution < -0.4 is 14.9 Å². The second-order valence-electron chi connectivity index (χ2n) is 7.27. The van der Waals surface area contributed by atoms with Gasteiger partial charge in [0.05, 0.1) is 23.9 Å². The summed E-state index contributed by atoms with van der Waals surface area (Å²) in [4.78, 5) is 12.0. The molecule has 0 saturated heterocycles. The fourth-order valence-electron chi connectivity index (χ4n) is 2.74. The number of nitro groups is 1. The lowest BCUT2D eigenvalue weighted by Gasteiger charge is -2.12. The van der Waals surface area contributed by atoms with Gasteiger partial charge in [0.15, 0.2) is 0 Å². The van der Waals surface area contributed by atoms with E-state index in [0.29, 0.717) is 6.54 Å². The van der Waals surface area contributed by atoms with Crippen LogP contribution in [0, 0.1) is 10.1 Å². The summed E-state index contributed by atoms with van der Waals surface area (Å²) >= 11 is 0. The molecule has 2 aromatic carbocycles. The molecule has 0 amide bonds. The van der Waals surface area contributed by atoms with Crippen molar-refractivity contribution in [1.82, 2.24) is 4.72 Å². The fourth-order valence-corrected chi connectivity index (χ4v) is 4.01. The summed E-state index contributed by atoms with van der Waals surface area (Å²) in [5, 5.41) is 14.5. The lowest BCUT2D eigenvalue weighted by Crippen LogP contribution is -3.04. The van der Waals surface area contributed by atoms with Gasteiger partial charge >= 0.3 is 0 Å². The first-order chi connectivity index (χ1) is 13.1. The number of rotatable bonds is 9. The van der Waals surface area contributed by atoms with Crippen LogP contribution in [-0.2, 0) is 23.1 Å². The number of nitro benzene ring substituents is 1.